The number of rotatable bonds is 6. The Balaban J connectivity index is 1.86. The van der Waals surface area contributed by atoms with E-state index in [-0.39, 0.29) is 11.8 Å². The summed E-state index contributed by atoms with van der Waals surface area (Å²) in [5, 5.41) is 2.83. The van der Waals surface area contributed by atoms with Crippen LogP contribution in [-0.2, 0) is 4.79 Å². The molecule has 1 heterocycles. The monoisotopic (exact) mass is 478 g/mol. The standard InChI is InChI=1S/C27H27FN2O5/c1-15-6-9-17(12-21(15)28)29-26(31)24-19-13-22(34-4)23(35-5)14-20(19)27(32)30(2)25(24)16-7-10-18(33-3)11-8-16/h6-14,24-25H,1-5H3,(H,29,31)/t24-,25+/m0/s1. The predicted molar refractivity (Wildman–Crippen MR) is 130 cm³/mol. The van der Waals surface area contributed by atoms with Crippen LogP contribution in [0.4, 0.5) is 10.1 Å². The van der Waals surface area contributed by atoms with Crippen LogP contribution in [0.15, 0.2) is 54.6 Å². The maximum atomic E-state index is 14.2. The first kappa shape index (κ1) is 24.1. The van der Waals surface area contributed by atoms with E-state index in [1.807, 2.05) is 12.1 Å². The Morgan fingerprint density at radius 3 is 2.20 bits per heavy atom. The molecule has 0 saturated heterocycles. The first-order valence-electron chi connectivity index (χ1n) is 11.0. The average molecular weight is 479 g/mol. The van der Waals surface area contributed by atoms with Gasteiger partial charge in [-0.25, -0.2) is 4.39 Å². The van der Waals surface area contributed by atoms with Crippen molar-refractivity contribution < 1.29 is 28.2 Å². The summed E-state index contributed by atoms with van der Waals surface area (Å²) in [7, 11) is 6.20. The smallest absolute Gasteiger partial charge is 0.254 e. The SMILES string of the molecule is COc1ccc([C@@H]2[C@@H](C(=O)Nc3ccc(C)c(F)c3)c3cc(OC)c(OC)cc3C(=O)N2C)cc1. The zero-order valence-corrected chi connectivity index (χ0v) is 20.2. The van der Waals surface area contributed by atoms with Gasteiger partial charge in [-0.2, -0.15) is 0 Å². The van der Waals surface area contributed by atoms with Crippen molar-refractivity contribution in [2.75, 3.05) is 33.7 Å². The Labute approximate surface area is 203 Å². The van der Waals surface area contributed by atoms with Crippen LogP contribution in [0.3, 0.4) is 0 Å². The molecule has 0 bridgehead atoms. The van der Waals surface area contributed by atoms with Crippen LogP contribution in [0, 0.1) is 12.7 Å². The normalized spacial score (nSPS) is 17.0. The summed E-state index contributed by atoms with van der Waals surface area (Å²) in [5.41, 5.74) is 2.39. The molecule has 1 aliphatic rings. The molecule has 0 radical (unpaired) electrons. The molecular formula is C27H27FN2O5. The second-order valence-electron chi connectivity index (χ2n) is 8.36. The van der Waals surface area contributed by atoms with Gasteiger partial charge >= 0.3 is 0 Å². The van der Waals surface area contributed by atoms with E-state index >= 15 is 0 Å². The Morgan fingerprint density at radius 1 is 0.943 bits per heavy atom. The van der Waals surface area contributed by atoms with Gasteiger partial charge in [-0.15, -0.1) is 0 Å². The molecule has 0 fully saturated rings. The number of nitrogens with one attached hydrogen (secondary N) is 1. The largest absolute Gasteiger partial charge is 0.497 e. The molecule has 7 nitrogen and oxygen atoms in total. The molecule has 0 saturated carbocycles. The molecule has 2 amide bonds. The van der Waals surface area contributed by atoms with Crippen LogP contribution in [0.5, 0.6) is 17.2 Å². The maximum Gasteiger partial charge on any atom is 0.254 e. The van der Waals surface area contributed by atoms with E-state index in [2.05, 4.69) is 5.32 Å². The number of benzene rings is 3. The van der Waals surface area contributed by atoms with Crippen LogP contribution < -0.4 is 19.5 Å². The third-order valence-electron chi connectivity index (χ3n) is 6.35. The summed E-state index contributed by atoms with van der Waals surface area (Å²) in [6.45, 7) is 1.65. The number of methoxy groups -OCH3 is 3. The van der Waals surface area contributed by atoms with Crippen molar-refractivity contribution >= 4 is 17.5 Å². The van der Waals surface area contributed by atoms with Crippen molar-refractivity contribution in [1.82, 2.24) is 4.90 Å². The number of halogens is 1. The number of carbonyl (C=O) groups excluding carboxylic acids is 2. The Hall–Kier alpha value is -4.07. The van der Waals surface area contributed by atoms with Crippen LogP contribution >= 0.6 is 0 Å². The highest BCUT2D eigenvalue weighted by molar-refractivity contribution is 6.05. The number of anilines is 1. The molecule has 4 rings (SSSR count). The predicted octanol–water partition coefficient (Wildman–Crippen LogP) is 4.71. The highest BCUT2D eigenvalue weighted by atomic mass is 19.1. The van der Waals surface area contributed by atoms with E-state index in [0.29, 0.717) is 39.6 Å². The van der Waals surface area contributed by atoms with Crippen molar-refractivity contribution in [3.63, 3.8) is 0 Å². The second-order valence-corrected chi connectivity index (χ2v) is 8.36. The summed E-state index contributed by atoms with van der Waals surface area (Å²) >= 11 is 0. The summed E-state index contributed by atoms with van der Waals surface area (Å²) < 4.78 is 30.3. The van der Waals surface area contributed by atoms with Gasteiger partial charge in [-0.05, 0) is 60.0 Å². The summed E-state index contributed by atoms with van der Waals surface area (Å²) in [5.74, 6) is -0.440. The first-order valence-corrected chi connectivity index (χ1v) is 11.0. The second kappa shape index (κ2) is 9.66. The first-order chi connectivity index (χ1) is 16.8. The number of carbonyl (C=O) groups is 2. The highest BCUT2D eigenvalue weighted by Gasteiger charge is 2.43. The van der Waals surface area contributed by atoms with Gasteiger partial charge in [0.15, 0.2) is 11.5 Å². The molecule has 0 aliphatic carbocycles. The lowest BCUT2D eigenvalue weighted by Gasteiger charge is -2.40. The van der Waals surface area contributed by atoms with Crippen molar-refractivity contribution in [2.45, 2.75) is 18.9 Å². The van der Waals surface area contributed by atoms with E-state index in [4.69, 9.17) is 14.2 Å². The van der Waals surface area contributed by atoms with Crippen molar-refractivity contribution in [2.24, 2.45) is 0 Å². The molecule has 8 heteroatoms. The quantitative estimate of drug-likeness (QED) is 0.555. The van der Waals surface area contributed by atoms with Crippen molar-refractivity contribution in [1.29, 1.82) is 0 Å². The molecule has 0 aromatic heterocycles. The Kier molecular flexibility index (Phi) is 6.64. The zero-order chi connectivity index (χ0) is 25.3. The average Bonchev–Trinajstić information content (AvgIpc) is 2.87. The van der Waals surface area contributed by atoms with Gasteiger partial charge in [0.1, 0.15) is 11.6 Å². The van der Waals surface area contributed by atoms with Gasteiger partial charge in [0.2, 0.25) is 5.91 Å². The van der Waals surface area contributed by atoms with Gasteiger partial charge < -0.3 is 24.4 Å². The van der Waals surface area contributed by atoms with E-state index in [0.717, 1.165) is 5.56 Å². The third-order valence-corrected chi connectivity index (χ3v) is 6.35. The minimum atomic E-state index is -0.815. The number of ether oxygens (including phenoxy) is 3. The number of hydrogen-bond donors (Lipinski definition) is 1. The van der Waals surface area contributed by atoms with Gasteiger partial charge in [0.25, 0.3) is 5.91 Å². The number of fused-ring (bicyclic) bond motifs is 1. The zero-order valence-electron chi connectivity index (χ0n) is 20.2. The van der Waals surface area contributed by atoms with E-state index in [1.54, 1.807) is 57.5 Å². The van der Waals surface area contributed by atoms with E-state index < -0.39 is 17.8 Å². The molecule has 1 aliphatic heterocycles. The number of nitrogens with zero attached hydrogens (tertiary/aromatic N) is 1. The lowest BCUT2D eigenvalue weighted by atomic mass is 9.79. The molecular weight excluding hydrogens is 451 g/mol. The number of amides is 2. The molecule has 35 heavy (non-hydrogen) atoms. The van der Waals surface area contributed by atoms with Gasteiger partial charge in [-0.3, -0.25) is 9.59 Å². The summed E-state index contributed by atoms with van der Waals surface area (Å²) in [6.07, 6.45) is 0. The molecule has 2 atom stereocenters. The van der Waals surface area contributed by atoms with Crippen molar-refractivity contribution in [3.8, 4) is 17.2 Å². The lowest BCUT2D eigenvalue weighted by molar-refractivity contribution is -0.119. The topological polar surface area (TPSA) is 77.1 Å². The van der Waals surface area contributed by atoms with Crippen LogP contribution in [0.1, 0.15) is 39.0 Å². The van der Waals surface area contributed by atoms with Crippen LogP contribution in [0.25, 0.3) is 0 Å². The number of aryl methyl sites for hydroxylation is 1. The van der Waals surface area contributed by atoms with Crippen molar-refractivity contribution in [3.05, 3.63) is 82.7 Å². The molecule has 3 aromatic rings. The third kappa shape index (κ3) is 4.39. The fourth-order valence-electron chi connectivity index (χ4n) is 4.44. The maximum absolute atomic E-state index is 14.2. The lowest BCUT2D eigenvalue weighted by Crippen LogP contribution is -2.44. The Bertz CT molecular complexity index is 1280. The molecule has 1 N–H and O–H groups in total. The van der Waals surface area contributed by atoms with E-state index in [9.17, 15) is 14.0 Å². The van der Waals surface area contributed by atoms with Crippen LogP contribution in [0.2, 0.25) is 0 Å². The molecule has 182 valence electrons. The van der Waals surface area contributed by atoms with Gasteiger partial charge in [0, 0.05) is 18.3 Å². The minimum Gasteiger partial charge on any atom is -0.497 e. The molecule has 0 unspecified atom stereocenters. The summed E-state index contributed by atoms with van der Waals surface area (Å²) in [6, 6.07) is 14.4. The number of hydrogen-bond acceptors (Lipinski definition) is 5. The fraction of sp³-hybridized carbons (Fsp3) is 0.259. The van der Waals surface area contributed by atoms with Gasteiger partial charge in [-0.1, -0.05) is 18.2 Å². The number of likely N-dealkylation sites (N-methyl/N-ethyl adjacent to an activating group) is 1. The minimum absolute atomic E-state index is 0.257. The molecule has 0 spiro atoms. The molecule has 3 aromatic carbocycles. The summed E-state index contributed by atoms with van der Waals surface area (Å²) in [4.78, 5) is 28.7. The Morgan fingerprint density at radius 2 is 1.60 bits per heavy atom. The highest BCUT2D eigenvalue weighted by Crippen LogP contribution is 2.46. The fourth-order valence-corrected chi connectivity index (χ4v) is 4.44. The van der Waals surface area contributed by atoms with Gasteiger partial charge in [0.05, 0.1) is 33.3 Å². The van der Waals surface area contributed by atoms with E-state index in [1.165, 1.54) is 25.2 Å². The van der Waals surface area contributed by atoms with Crippen LogP contribution in [-0.4, -0.2) is 45.1 Å².